The van der Waals surface area contributed by atoms with Gasteiger partial charge in [-0.1, -0.05) is 46.5 Å². The second kappa shape index (κ2) is 6.16. The lowest BCUT2D eigenvalue weighted by Gasteiger charge is -2.43. The van der Waals surface area contributed by atoms with Gasteiger partial charge in [-0.3, -0.25) is 19.8 Å². The highest BCUT2D eigenvalue weighted by Crippen LogP contribution is 2.40. The summed E-state index contributed by atoms with van der Waals surface area (Å²) in [5.74, 6) is -0.464. The number of carbonyl (C=O) groups excluding carboxylic acids is 3. The molecule has 1 aliphatic carbocycles. The molecule has 4 amide bonds. The van der Waals surface area contributed by atoms with E-state index in [0.717, 1.165) is 25.7 Å². The molecular formula is C16H26N2O3. The lowest BCUT2D eigenvalue weighted by atomic mass is 9.76. The summed E-state index contributed by atoms with van der Waals surface area (Å²) >= 11 is 0. The van der Waals surface area contributed by atoms with E-state index in [2.05, 4.69) is 5.32 Å². The quantitative estimate of drug-likeness (QED) is 0.814. The van der Waals surface area contributed by atoms with Crippen molar-refractivity contribution in [2.24, 2.45) is 11.3 Å². The minimum absolute atomic E-state index is 0.147. The second-order valence-electron chi connectivity index (χ2n) is 6.65. The van der Waals surface area contributed by atoms with Crippen molar-refractivity contribution < 1.29 is 14.4 Å². The van der Waals surface area contributed by atoms with Gasteiger partial charge in [0, 0.05) is 6.04 Å². The number of barbiturate groups is 1. The molecule has 1 saturated carbocycles. The van der Waals surface area contributed by atoms with Crippen LogP contribution in [0.5, 0.6) is 0 Å². The number of urea groups is 1. The van der Waals surface area contributed by atoms with Crippen LogP contribution in [0.3, 0.4) is 0 Å². The molecule has 0 bridgehead atoms. The summed E-state index contributed by atoms with van der Waals surface area (Å²) < 4.78 is 0. The first-order valence-corrected chi connectivity index (χ1v) is 8.13. The molecule has 2 aliphatic rings. The molecule has 0 aromatic rings. The molecule has 2 rings (SSSR count). The van der Waals surface area contributed by atoms with E-state index in [1.807, 2.05) is 20.8 Å². The Kier molecular flexibility index (Phi) is 4.69. The predicted octanol–water partition coefficient (Wildman–Crippen LogP) is 2.84. The number of rotatable bonds is 3. The minimum atomic E-state index is -1.01. The third kappa shape index (κ3) is 2.70. The first kappa shape index (κ1) is 16.0. The number of nitrogens with zero attached hydrogens (tertiary/aromatic N) is 1. The molecule has 0 aromatic heterocycles. The van der Waals surface area contributed by atoms with E-state index in [-0.39, 0.29) is 23.8 Å². The zero-order valence-corrected chi connectivity index (χ0v) is 13.3. The Morgan fingerprint density at radius 1 is 1.10 bits per heavy atom. The number of amides is 4. The molecule has 118 valence electrons. The Morgan fingerprint density at radius 2 is 1.67 bits per heavy atom. The third-order valence-electron chi connectivity index (χ3n) is 4.98. The fourth-order valence-corrected chi connectivity index (χ4v) is 3.72. The highest BCUT2D eigenvalue weighted by molar-refractivity contribution is 6.19. The molecule has 1 saturated heterocycles. The average Bonchev–Trinajstić information content (AvgIpc) is 2.68. The maximum atomic E-state index is 13.0. The lowest BCUT2D eigenvalue weighted by Crippen LogP contribution is -2.66. The molecule has 1 atom stereocenters. The average molecular weight is 294 g/mol. The van der Waals surface area contributed by atoms with Crippen molar-refractivity contribution in [2.45, 2.75) is 71.8 Å². The molecule has 0 aromatic carbocycles. The van der Waals surface area contributed by atoms with Crippen molar-refractivity contribution in [1.29, 1.82) is 0 Å². The van der Waals surface area contributed by atoms with Crippen LogP contribution in [0, 0.1) is 11.3 Å². The molecule has 1 unspecified atom stereocenters. The SMILES string of the molecule is CCC(C(C)C)N1C(=O)NC(=O)C2(CCCCCC2)C1=O. The standard InChI is InChI=1S/C16H26N2O3/c1-4-12(11(2)3)18-14(20)16(13(19)17-15(18)21)9-7-5-6-8-10-16/h11-12H,4-10H2,1-3H3,(H,17,19,21). The van der Waals surface area contributed by atoms with E-state index in [0.29, 0.717) is 19.3 Å². The van der Waals surface area contributed by atoms with Gasteiger partial charge in [-0.15, -0.1) is 0 Å². The van der Waals surface area contributed by atoms with E-state index < -0.39 is 11.4 Å². The number of nitrogens with one attached hydrogen (secondary N) is 1. The molecule has 1 aliphatic heterocycles. The molecule has 5 heteroatoms. The molecular weight excluding hydrogens is 268 g/mol. The molecule has 1 N–H and O–H groups in total. The maximum Gasteiger partial charge on any atom is 0.331 e. The Balaban J connectivity index is 2.37. The zero-order chi connectivity index (χ0) is 15.6. The summed E-state index contributed by atoms with van der Waals surface area (Å²) in [6.07, 6.45) is 5.70. The van der Waals surface area contributed by atoms with Crippen LogP contribution in [-0.2, 0) is 9.59 Å². The Morgan fingerprint density at radius 3 is 2.14 bits per heavy atom. The largest absolute Gasteiger partial charge is 0.331 e. The van der Waals surface area contributed by atoms with Gasteiger partial charge in [0.25, 0.3) is 0 Å². The van der Waals surface area contributed by atoms with Crippen molar-refractivity contribution >= 4 is 17.8 Å². The summed E-state index contributed by atoms with van der Waals surface area (Å²) in [5.41, 5.74) is -1.01. The van der Waals surface area contributed by atoms with Crippen molar-refractivity contribution in [3.63, 3.8) is 0 Å². The van der Waals surface area contributed by atoms with Gasteiger partial charge >= 0.3 is 6.03 Å². The van der Waals surface area contributed by atoms with Crippen LogP contribution < -0.4 is 5.32 Å². The highest BCUT2D eigenvalue weighted by Gasteiger charge is 2.54. The first-order chi connectivity index (χ1) is 9.94. The van der Waals surface area contributed by atoms with Gasteiger partial charge in [0.1, 0.15) is 5.41 Å². The number of carbonyl (C=O) groups is 3. The number of imide groups is 2. The van der Waals surface area contributed by atoms with Crippen molar-refractivity contribution in [3.05, 3.63) is 0 Å². The summed E-state index contributed by atoms with van der Waals surface area (Å²) in [5, 5.41) is 2.44. The Labute approximate surface area is 126 Å². The van der Waals surface area contributed by atoms with E-state index in [9.17, 15) is 14.4 Å². The topological polar surface area (TPSA) is 66.5 Å². The molecule has 1 heterocycles. The van der Waals surface area contributed by atoms with Crippen molar-refractivity contribution in [3.8, 4) is 0 Å². The monoisotopic (exact) mass is 294 g/mol. The van der Waals surface area contributed by atoms with Gasteiger partial charge in [0.2, 0.25) is 11.8 Å². The first-order valence-electron chi connectivity index (χ1n) is 8.13. The van der Waals surface area contributed by atoms with Gasteiger partial charge in [-0.05, 0) is 25.2 Å². The van der Waals surface area contributed by atoms with Gasteiger partial charge in [-0.2, -0.15) is 0 Å². The second-order valence-corrected chi connectivity index (χ2v) is 6.65. The molecule has 21 heavy (non-hydrogen) atoms. The number of hydrogen-bond acceptors (Lipinski definition) is 3. The fourth-order valence-electron chi connectivity index (χ4n) is 3.72. The maximum absolute atomic E-state index is 13.0. The number of hydrogen-bond donors (Lipinski definition) is 1. The molecule has 5 nitrogen and oxygen atoms in total. The molecule has 1 spiro atoms. The normalized spacial score (nSPS) is 24.2. The van der Waals surface area contributed by atoms with Crippen LogP contribution in [0.25, 0.3) is 0 Å². The van der Waals surface area contributed by atoms with E-state index in [1.165, 1.54) is 4.90 Å². The van der Waals surface area contributed by atoms with Crippen LogP contribution in [0.15, 0.2) is 0 Å². The molecule has 0 radical (unpaired) electrons. The van der Waals surface area contributed by atoms with Crippen molar-refractivity contribution in [2.75, 3.05) is 0 Å². The summed E-state index contributed by atoms with van der Waals surface area (Å²) in [6.45, 7) is 5.98. The zero-order valence-electron chi connectivity index (χ0n) is 13.3. The smallest absolute Gasteiger partial charge is 0.277 e. The van der Waals surface area contributed by atoms with Crippen LogP contribution in [0.1, 0.15) is 65.7 Å². The van der Waals surface area contributed by atoms with E-state index >= 15 is 0 Å². The summed E-state index contributed by atoms with van der Waals surface area (Å²) in [4.78, 5) is 39.0. The summed E-state index contributed by atoms with van der Waals surface area (Å²) in [6, 6.07) is -0.689. The van der Waals surface area contributed by atoms with Gasteiger partial charge in [0.05, 0.1) is 0 Å². The van der Waals surface area contributed by atoms with E-state index in [4.69, 9.17) is 0 Å². The van der Waals surface area contributed by atoms with Gasteiger partial charge < -0.3 is 0 Å². The lowest BCUT2D eigenvalue weighted by molar-refractivity contribution is -0.154. The summed E-state index contributed by atoms with van der Waals surface area (Å²) in [7, 11) is 0. The van der Waals surface area contributed by atoms with Crippen LogP contribution in [-0.4, -0.2) is 28.8 Å². The van der Waals surface area contributed by atoms with Crippen LogP contribution in [0.2, 0.25) is 0 Å². The highest BCUT2D eigenvalue weighted by atomic mass is 16.2. The fraction of sp³-hybridized carbons (Fsp3) is 0.812. The van der Waals surface area contributed by atoms with Crippen LogP contribution in [0.4, 0.5) is 4.79 Å². The minimum Gasteiger partial charge on any atom is -0.277 e. The van der Waals surface area contributed by atoms with Gasteiger partial charge in [0.15, 0.2) is 0 Å². The molecule has 2 fully saturated rings. The predicted molar refractivity (Wildman–Crippen MR) is 79.4 cm³/mol. The Bertz CT molecular complexity index is 437. The Hall–Kier alpha value is -1.39. The van der Waals surface area contributed by atoms with Crippen LogP contribution >= 0.6 is 0 Å². The van der Waals surface area contributed by atoms with Gasteiger partial charge in [-0.25, -0.2) is 4.79 Å². The van der Waals surface area contributed by atoms with Crippen molar-refractivity contribution in [1.82, 2.24) is 10.2 Å². The van der Waals surface area contributed by atoms with E-state index in [1.54, 1.807) is 0 Å². The third-order valence-corrected chi connectivity index (χ3v) is 4.98.